The van der Waals surface area contributed by atoms with Crippen molar-refractivity contribution in [2.24, 2.45) is 11.1 Å². The SMILES string of the molecule is NCC1(C(=O)Nc2ccc(Br)cn2)CCC1. The van der Waals surface area contributed by atoms with Crippen molar-refractivity contribution in [2.75, 3.05) is 11.9 Å². The van der Waals surface area contributed by atoms with E-state index in [9.17, 15) is 4.79 Å². The van der Waals surface area contributed by atoms with Crippen LogP contribution in [0, 0.1) is 5.41 Å². The molecule has 5 heteroatoms. The van der Waals surface area contributed by atoms with Crippen molar-refractivity contribution in [2.45, 2.75) is 19.3 Å². The summed E-state index contributed by atoms with van der Waals surface area (Å²) in [5.74, 6) is 0.573. The molecular weight excluding hydrogens is 270 g/mol. The van der Waals surface area contributed by atoms with Gasteiger partial charge in [0, 0.05) is 17.2 Å². The molecule has 16 heavy (non-hydrogen) atoms. The van der Waals surface area contributed by atoms with E-state index < -0.39 is 0 Å². The number of nitrogens with one attached hydrogen (secondary N) is 1. The van der Waals surface area contributed by atoms with E-state index in [1.807, 2.05) is 6.07 Å². The highest BCUT2D eigenvalue weighted by Gasteiger charge is 2.42. The topological polar surface area (TPSA) is 68.0 Å². The van der Waals surface area contributed by atoms with Gasteiger partial charge in [-0.2, -0.15) is 0 Å². The van der Waals surface area contributed by atoms with Gasteiger partial charge in [0.2, 0.25) is 5.91 Å². The zero-order valence-electron chi connectivity index (χ0n) is 8.87. The number of carbonyl (C=O) groups excluding carboxylic acids is 1. The first-order chi connectivity index (χ1) is 7.66. The van der Waals surface area contributed by atoms with Gasteiger partial charge in [-0.25, -0.2) is 4.98 Å². The molecule has 0 bridgehead atoms. The molecule has 1 aromatic rings. The largest absolute Gasteiger partial charge is 0.329 e. The Labute approximate surface area is 103 Å². The molecule has 1 aromatic heterocycles. The number of amides is 1. The van der Waals surface area contributed by atoms with Crippen LogP contribution in [0.2, 0.25) is 0 Å². The van der Waals surface area contributed by atoms with E-state index in [2.05, 4.69) is 26.2 Å². The lowest BCUT2D eigenvalue weighted by Crippen LogP contribution is -2.47. The van der Waals surface area contributed by atoms with Crippen LogP contribution in [0.25, 0.3) is 0 Å². The van der Waals surface area contributed by atoms with Gasteiger partial charge < -0.3 is 11.1 Å². The van der Waals surface area contributed by atoms with E-state index in [0.717, 1.165) is 23.7 Å². The van der Waals surface area contributed by atoms with Crippen LogP contribution in [0.5, 0.6) is 0 Å². The van der Waals surface area contributed by atoms with Crippen LogP contribution in [0.4, 0.5) is 5.82 Å². The maximum absolute atomic E-state index is 12.0. The molecule has 0 atom stereocenters. The van der Waals surface area contributed by atoms with Gasteiger partial charge in [-0.3, -0.25) is 4.79 Å². The third-order valence-electron chi connectivity index (χ3n) is 3.15. The van der Waals surface area contributed by atoms with Crippen LogP contribution >= 0.6 is 15.9 Å². The minimum Gasteiger partial charge on any atom is -0.329 e. The number of aromatic nitrogens is 1. The molecular formula is C11H14BrN3O. The lowest BCUT2D eigenvalue weighted by Gasteiger charge is -2.38. The van der Waals surface area contributed by atoms with E-state index in [4.69, 9.17) is 5.73 Å². The molecule has 0 aliphatic heterocycles. The number of nitrogens with zero attached hydrogens (tertiary/aromatic N) is 1. The van der Waals surface area contributed by atoms with Crippen molar-refractivity contribution >= 4 is 27.7 Å². The molecule has 86 valence electrons. The number of rotatable bonds is 3. The van der Waals surface area contributed by atoms with Gasteiger partial charge in [0.25, 0.3) is 0 Å². The second kappa shape index (κ2) is 4.51. The van der Waals surface area contributed by atoms with Crippen molar-refractivity contribution < 1.29 is 4.79 Å². The number of hydrogen-bond acceptors (Lipinski definition) is 3. The van der Waals surface area contributed by atoms with E-state index in [-0.39, 0.29) is 11.3 Å². The van der Waals surface area contributed by atoms with Gasteiger partial charge in [0.1, 0.15) is 5.82 Å². The highest BCUT2D eigenvalue weighted by molar-refractivity contribution is 9.10. The minimum atomic E-state index is -0.352. The molecule has 4 nitrogen and oxygen atoms in total. The van der Waals surface area contributed by atoms with Gasteiger partial charge in [-0.05, 0) is 40.9 Å². The van der Waals surface area contributed by atoms with E-state index in [1.165, 1.54) is 0 Å². The standard InChI is InChI=1S/C11H14BrN3O/c12-8-2-3-9(14-6-8)15-10(16)11(7-13)4-1-5-11/h2-3,6H,1,4-5,7,13H2,(H,14,15,16). The van der Waals surface area contributed by atoms with Gasteiger partial charge in [-0.15, -0.1) is 0 Å². The van der Waals surface area contributed by atoms with Crippen LogP contribution in [0.3, 0.4) is 0 Å². The molecule has 1 aliphatic carbocycles. The van der Waals surface area contributed by atoms with E-state index in [1.54, 1.807) is 12.3 Å². The molecule has 2 rings (SSSR count). The number of halogens is 1. The van der Waals surface area contributed by atoms with Gasteiger partial charge in [-0.1, -0.05) is 6.42 Å². The summed E-state index contributed by atoms with van der Waals surface area (Å²) in [5, 5.41) is 2.81. The maximum atomic E-state index is 12.0. The molecule has 1 saturated carbocycles. The summed E-state index contributed by atoms with van der Waals surface area (Å²) in [7, 11) is 0. The average Bonchev–Trinajstić information content (AvgIpc) is 2.21. The fraction of sp³-hybridized carbons (Fsp3) is 0.455. The second-order valence-electron chi connectivity index (χ2n) is 4.15. The second-order valence-corrected chi connectivity index (χ2v) is 5.07. The first-order valence-corrected chi connectivity index (χ1v) is 6.09. The normalized spacial score (nSPS) is 17.6. The molecule has 3 N–H and O–H groups in total. The predicted octanol–water partition coefficient (Wildman–Crippen LogP) is 1.91. The number of carbonyl (C=O) groups is 1. The number of hydrogen-bond donors (Lipinski definition) is 2. The molecule has 0 aromatic carbocycles. The van der Waals surface area contributed by atoms with Gasteiger partial charge in [0.05, 0.1) is 5.41 Å². The fourth-order valence-corrected chi connectivity index (χ4v) is 2.06. The number of anilines is 1. The molecule has 1 amide bonds. The van der Waals surface area contributed by atoms with Crippen molar-refractivity contribution in [3.63, 3.8) is 0 Å². The fourth-order valence-electron chi connectivity index (χ4n) is 1.83. The Morgan fingerprint density at radius 1 is 1.56 bits per heavy atom. The first kappa shape index (κ1) is 11.5. The minimum absolute atomic E-state index is 0.00364. The monoisotopic (exact) mass is 283 g/mol. The third kappa shape index (κ3) is 2.10. The zero-order valence-corrected chi connectivity index (χ0v) is 10.5. The summed E-state index contributed by atoms with van der Waals surface area (Å²) in [6, 6.07) is 3.61. The Bertz CT molecular complexity index is 381. The Morgan fingerprint density at radius 3 is 2.75 bits per heavy atom. The Kier molecular flexibility index (Phi) is 3.25. The maximum Gasteiger partial charge on any atom is 0.233 e. The van der Waals surface area contributed by atoms with Gasteiger partial charge in [0.15, 0.2) is 0 Å². The molecule has 0 radical (unpaired) electrons. The van der Waals surface area contributed by atoms with Crippen molar-refractivity contribution in [1.29, 1.82) is 0 Å². The van der Waals surface area contributed by atoms with Crippen LogP contribution in [-0.2, 0) is 4.79 Å². The summed E-state index contributed by atoms with van der Waals surface area (Å²) in [6.45, 7) is 0.412. The van der Waals surface area contributed by atoms with Crippen molar-refractivity contribution in [3.8, 4) is 0 Å². The molecule has 1 fully saturated rings. The first-order valence-electron chi connectivity index (χ1n) is 5.29. The van der Waals surface area contributed by atoms with Crippen LogP contribution in [0.15, 0.2) is 22.8 Å². The predicted molar refractivity (Wildman–Crippen MR) is 65.9 cm³/mol. The molecule has 0 saturated heterocycles. The quantitative estimate of drug-likeness (QED) is 0.891. The molecule has 1 aliphatic rings. The third-order valence-corrected chi connectivity index (χ3v) is 3.62. The number of pyridine rings is 1. The zero-order chi connectivity index (χ0) is 11.6. The van der Waals surface area contributed by atoms with E-state index in [0.29, 0.717) is 12.4 Å². The smallest absolute Gasteiger partial charge is 0.233 e. The average molecular weight is 284 g/mol. The summed E-state index contributed by atoms with van der Waals surface area (Å²) >= 11 is 3.29. The van der Waals surface area contributed by atoms with Crippen molar-refractivity contribution in [3.05, 3.63) is 22.8 Å². The summed E-state index contributed by atoms with van der Waals surface area (Å²) in [4.78, 5) is 16.1. The molecule has 0 unspecified atom stereocenters. The Hall–Kier alpha value is -0.940. The Morgan fingerprint density at radius 2 is 2.31 bits per heavy atom. The van der Waals surface area contributed by atoms with Gasteiger partial charge >= 0.3 is 0 Å². The lowest BCUT2D eigenvalue weighted by atomic mass is 9.68. The lowest BCUT2D eigenvalue weighted by molar-refractivity contribution is -0.129. The van der Waals surface area contributed by atoms with Crippen LogP contribution < -0.4 is 11.1 Å². The van der Waals surface area contributed by atoms with Crippen LogP contribution in [0.1, 0.15) is 19.3 Å². The summed E-state index contributed by atoms with van der Waals surface area (Å²) in [5.41, 5.74) is 5.31. The molecule has 1 heterocycles. The summed E-state index contributed by atoms with van der Waals surface area (Å²) < 4.78 is 0.891. The van der Waals surface area contributed by atoms with Crippen LogP contribution in [-0.4, -0.2) is 17.4 Å². The highest BCUT2D eigenvalue weighted by atomic mass is 79.9. The van der Waals surface area contributed by atoms with E-state index >= 15 is 0 Å². The van der Waals surface area contributed by atoms with Crippen molar-refractivity contribution in [1.82, 2.24) is 4.98 Å². The molecule has 0 spiro atoms. The highest BCUT2D eigenvalue weighted by Crippen LogP contribution is 2.40. The summed E-state index contributed by atoms with van der Waals surface area (Å²) in [6.07, 6.45) is 4.50. The number of nitrogens with two attached hydrogens (primary N) is 1. The Balaban J connectivity index is 2.04.